The molecule has 2 aromatic rings. The van der Waals surface area contributed by atoms with E-state index in [0.717, 1.165) is 29.5 Å². The molecule has 0 bridgehead atoms. The van der Waals surface area contributed by atoms with Gasteiger partial charge in [-0.15, -0.1) is 11.3 Å². The van der Waals surface area contributed by atoms with Gasteiger partial charge in [-0.25, -0.2) is 4.98 Å². The summed E-state index contributed by atoms with van der Waals surface area (Å²) >= 11 is 1.66. The van der Waals surface area contributed by atoms with E-state index in [-0.39, 0.29) is 17.5 Å². The lowest BCUT2D eigenvalue weighted by Crippen LogP contribution is -2.35. The van der Waals surface area contributed by atoms with Gasteiger partial charge in [-0.3, -0.25) is 14.2 Å². The molecular weight excluding hydrogens is 322 g/mol. The maximum Gasteiger partial charge on any atom is 0.262 e. The van der Waals surface area contributed by atoms with E-state index < -0.39 is 0 Å². The number of aryl methyl sites for hydroxylation is 3. The fraction of sp³-hybridized carbons (Fsp3) is 0.611. The molecule has 0 radical (unpaired) electrons. The molecule has 128 valence electrons. The molecule has 1 atom stereocenters. The second kappa shape index (κ2) is 6.31. The van der Waals surface area contributed by atoms with Crippen LogP contribution in [0.2, 0.25) is 0 Å². The van der Waals surface area contributed by atoms with E-state index in [1.807, 2.05) is 0 Å². The van der Waals surface area contributed by atoms with Crippen LogP contribution in [0.25, 0.3) is 10.2 Å². The Balaban J connectivity index is 1.51. The van der Waals surface area contributed by atoms with Gasteiger partial charge in [-0.1, -0.05) is 0 Å². The summed E-state index contributed by atoms with van der Waals surface area (Å²) in [6.07, 6.45) is 8.76. The molecule has 0 spiro atoms. The molecule has 1 fully saturated rings. The van der Waals surface area contributed by atoms with Crippen molar-refractivity contribution in [3.8, 4) is 0 Å². The minimum Gasteiger partial charge on any atom is -0.353 e. The Morgan fingerprint density at radius 3 is 3.00 bits per heavy atom. The monoisotopic (exact) mass is 345 g/mol. The number of nitrogens with one attached hydrogen (secondary N) is 1. The van der Waals surface area contributed by atoms with Crippen molar-refractivity contribution < 1.29 is 4.79 Å². The summed E-state index contributed by atoms with van der Waals surface area (Å²) in [7, 11) is 0. The number of hydrogen-bond donors (Lipinski definition) is 1. The van der Waals surface area contributed by atoms with Crippen LogP contribution in [0.5, 0.6) is 0 Å². The maximum absolute atomic E-state index is 12.8. The van der Waals surface area contributed by atoms with Crippen molar-refractivity contribution in [2.24, 2.45) is 5.92 Å². The quantitative estimate of drug-likeness (QED) is 0.906. The highest BCUT2D eigenvalue weighted by molar-refractivity contribution is 7.18. The van der Waals surface area contributed by atoms with Gasteiger partial charge in [0.2, 0.25) is 5.91 Å². The number of carbonyl (C=O) groups excluding carboxylic acids is 1. The third-order valence-corrected chi connectivity index (χ3v) is 6.44. The zero-order chi connectivity index (χ0) is 16.7. The predicted molar refractivity (Wildman–Crippen MR) is 95.5 cm³/mol. The Hall–Kier alpha value is -1.69. The van der Waals surface area contributed by atoms with Gasteiger partial charge in [0.05, 0.1) is 11.7 Å². The number of thiophene rings is 1. The van der Waals surface area contributed by atoms with Crippen molar-refractivity contribution in [2.75, 3.05) is 0 Å². The van der Waals surface area contributed by atoms with Crippen LogP contribution in [0.4, 0.5) is 0 Å². The first-order valence-electron chi connectivity index (χ1n) is 8.92. The summed E-state index contributed by atoms with van der Waals surface area (Å²) in [5, 5.41) is 3.84. The van der Waals surface area contributed by atoms with Crippen molar-refractivity contribution >= 4 is 27.5 Å². The highest BCUT2D eigenvalue weighted by atomic mass is 32.1. The number of aromatic nitrogens is 2. The van der Waals surface area contributed by atoms with Crippen LogP contribution in [0.3, 0.4) is 0 Å². The van der Waals surface area contributed by atoms with Gasteiger partial charge in [0.25, 0.3) is 5.56 Å². The van der Waals surface area contributed by atoms with Gasteiger partial charge in [0.15, 0.2) is 0 Å². The molecule has 1 unspecified atom stereocenters. The van der Waals surface area contributed by atoms with Crippen LogP contribution in [0, 0.1) is 5.92 Å². The molecule has 2 aromatic heterocycles. The normalized spacial score (nSPS) is 18.4. The van der Waals surface area contributed by atoms with E-state index in [1.165, 1.54) is 29.7 Å². The standard InChI is InChI=1S/C18H23N3O2S/c1-11(12-6-7-12)20-15(22)8-9-21-10-19-17-16(18(21)23)13-4-2-3-5-14(13)24-17/h10-12H,2-9H2,1H3,(H,20,22). The molecule has 0 saturated heterocycles. The summed E-state index contributed by atoms with van der Waals surface area (Å²) in [6.45, 7) is 2.46. The number of fused-ring (bicyclic) bond motifs is 3. The van der Waals surface area contributed by atoms with Crippen molar-refractivity contribution in [3.63, 3.8) is 0 Å². The molecular formula is C18H23N3O2S. The van der Waals surface area contributed by atoms with E-state index in [0.29, 0.717) is 18.9 Å². The summed E-state index contributed by atoms with van der Waals surface area (Å²) in [5.41, 5.74) is 1.22. The first kappa shape index (κ1) is 15.8. The van der Waals surface area contributed by atoms with Crippen LogP contribution < -0.4 is 10.9 Å². The Labute approximate surface area is 145 Å². The van der Waals surface area contributed by atoms with Gasteiger partial charge < -0.3 is 5.32 Å². The van der Waals surface area contributed by atoms with E-state index in [1.54, 1.807) is 22.2 Å². The molecule has 2 aliphatic rings. The Bertz CT molecular complexity index is 835. The molecule has 6 heteroatoms. The topological polar surface area (TPSA) is 64.0 Å². The maximum atomic E-state index is 12.8. The minimum atomic E-state index is 0.0161. The zero-order valence-corrected chi connectivity index (χ0v) is 14.8. The number of rotatable bonds is 5. The molecule has 5 nitrogen and oxygen atoms in total. The highest BCUT2D eigenvalue weighted by Crippen LogP contribution is 2.33. The van der Waals surface area contributed by atoms with Crippen molar-refractivity contribution in [1.82, 2.24) is 14.9 Å². The number of amides is 1. The molecule has 1 amide bonds. The summed E-state index contributed by atoms with van der Waals surface area (Å²) in [6, 6.07) is 0.249. The van der Waals surface area contributed by atoms with Crippen LogP contribution in [0.15, 0.2) is 11.1 Å². The van der Waals surface area contributed by atoms with Gasteiger partial charge in [0.1, 0.15) is 4.83 Å². The fourth-order valence-corrected chi connectivity index (χ4v) is 4.82. The molecule has 2 aliphatic carbocycles. The average molecular weight is 345 g/mol. The molecule has 0 aromatic carbocycles. The summed E-state index contributed by atoms with van der Waals surface area (Å²) in [4.78, 5) is 31.5. The Morgan fingerprint density at radius 1 is 1.42 bits per heavy atom. The van der Waals surface area contributed by atoms with Gasteiger partial charge in [-0.05, 0) is 56.9 Å². The lowest BCUT2D eigenvalue weighted by Gasteiger charge is -2.13. The average Bonchev–Trinajstić information content (AvgIpc) is 3.35. The van der Waals surface area contributed by atoms with Gasteiger partial charge >= 0.3 is 0 Å². The lowest BCUT2D eigenvalue weighted by atomic mass is 9.97. The van der Waals surface area contributed by atoms with Crippen LogP contribution in [-0.4, -0.2) is 21.5 Å². The Kier molecular flexibility index (Phi) is 4.16. The first-order chi connectivity index (χ1) is 11.6. The molecule has 1 N–H and O–H groups in total. The third kappa shape index (κ3) is 2.99. The number of hydrogen-bond acceptors (Lipinski definition) is 4. The fourth-order valence-electron chi connectivity index (χ4n) is 3.60. The minimum absolute atomic E-state index is 0.0161. The van der Waals surface area contributed by atoms with Crippen LogP contribution in [-0.2, 0) is 24.2 Å². The van der Waals surface area contributed by atoms with E-state index >= 15 is 0 Å². The molecule has 4 rings (SSSR count). The van der Waals surface area contributed by atoms with E-state index in [2.05, 4.69) is 17.2 Å². The molecule has 1 saturated carbocycles. The van der Waals surface area contributed by atoms with Crippen LogP contribution in [0.1, 0.15) is 49.5 Å². The highest BCUT2D eigenvalue weighted by Gasteiger charge is 2.28. The second-order valence-corrected chi connectivity index (χ2v) is 8.16. The van der Waals surface area contributed by atoms with E-state index in [4.69, 9.17) is 0 Å². The molecule has 2 heterocycles. The lowest BCUT2D eigenvalue weighted by molar-refractivity contribution is -0.122. The predicted octanol–water partition coefficient (Wildman–Crippen LogP) is 2.64. The van der Waals surface area contributed by atoms with Crippen molar-refractivity contribution in [3.05, 3.63) is 27.1 Å². The zero-order valence-electron chi connectivity index (χ0n) is 14.0. The van der Waals surface area contributed by atoms with Crippen molar-refractivity contribution in [1.29, 1.82) is 0 Å². The van der Waals surface area contributed by atoms with Gasteiger partial charge in [-0.2, -0.15) is 0 Å². The van der Waals surface area contributed by atoms with Crippen LogP contribution >= 0.6 is 11.3 Å². The third-order valence-electron chi connectivity index (χ3n) is 5.24. The first-order valence-corrected chi connectivity index (χ1v) is 9.74. The number of nitrogens with zero attached hydrogens (tertiary/aromatic N) is 2. The van der Waals surface area contributed by atoms with Crippen molar-refractivity contribution in [2.45, 2.75) is 64.5 Å². The molecule has 24 heavy (non-hydrogen) atoms. The second-order valence-electron chi connectivity index (χ2n) is 7.08. The Morgan fingerprint density at radius 2 is 2.21 bits per heavy atom. The summed E-state index contributed by atoms with van der Waals surface area (Å²) in [5.74, 6) is 0.667. The molecule has 0 aliphatic heterocycles. The van der Waals surface area contributed by atoms with Gasteiger partial charge in [0, 0.05) is 23.9 Å². The smallest absolute Gasteiger partial charge is 0.262 e. The SMILES string of the molecule is CC(NC(=O)CCn1cnc2sc3c(c2c1=O)CCCC3)C1CC1. The summed E-state index contributed by atoms with van der Waals surface area (Å²) < 4.78 is 1.60. The van der Waals surface area contributed by atoms with E-state index in [9.17, 15) is 9.59 Å². The number of carbonyl (C=O) groups is 1. The largest absolute Gasteiger partial charge is 0.353 e.